The second kappa shape index (κ2) is 48.4. The van der Waals surface area contributed by atoms with E-state index < -0.39 is 20.0 Å². The second-order valence-electron chi connectivity index (χ2n) is 18.1. The van der Waals surface area contributed by atoms with E-state index in [1.807, 2.05) is 6.08 Å². The third kappa shape index (κ3) is 46.8. The van der Waals surface area contributed by atoms with E-state index in [1.165, 1.54) is 212 Å². The van der Waals surface area contributed by atoms with Crippen LogP contribution in [-0.2, 0) is 18.4 Å². The van der Waals surface area contributed by atoms with Crippen molar-refractivity contribution in [3.63, 3.8) is 0 Å². The number of nitrogens with two attached hydrogens (primary N) is 1. The summed E-state index contributed by atoms with van der Waals surface area (Å²) in [6, 6.07) is -0.859. The lowest BCUT2D eigenvalue weighted by atomic mass is 10.0. The standard InChI is InChI=1S/C52H103N2O6P/c1-3-5-7-9-11-13-15-17-19-21-23-24-25-26-28-30-32-34-36-38-40-42-44-46-52(56)54-50(49-60-61(57,58)59-48-47-53)51(55)45-43-41-39-37-35-33-31-29-27-22-20-18-16-14-12-10-8-6-4-2/h21,23,43,45,50-51,55H,3-20,22,24-42,44,46-49,53H2,1-2H3,(H,54,56)(H,57,58)/b23-21-,45-43+. The first-order chi connectivity index (χ1) is 29.9. The maximum Gasteiger partial charge on any atom is 0.472 e. The van der Waals surface area contributed by atoms with Crippen molar-refractivity contribution in [1.29, 1.82) is 0 Å². The smallest absolute Gasteiger partial charge is 0.387 e. The van der Waals surface area contributed by atoms with Gasteiger partial charge in [0, 0.05) is 13.0 Å². The highest BCUT2D eigenvalue weighted by atomic mass is 31.2. The number of aliphatic hydroxyl groups is 1. The summed E-state index contributed by atoms with van der Waals surface area (Å²) in [6.07, 6.45) is 58.1. The van der Waals surface area contributed by atoms with Crippen LogP contribution in [0.1, 0.15) is 271 Å². The summed E-state index contributed by atoms with van der Waals surface area (Å²) >= 11 is 0. The van der Waals surface area contributed by atoms with Gasteiger partial charge >= 0.3 is 7.82 Å². The number of hydrogen-bond donors (Lipinski definition) is 4. The van der Waals surface area contributed by atoms with Gasteiger partial charge in [-0.25, -0.2) is 4.57 Å². The molecule has 0 aromatic rings. The molecule has 61 heavy (non-hydrogen) atoms. The Bertz CT molecular complexity index is 1010. The molecule has 1 amide bonds. The summed E-state index contributed by atoms with van der Waals surface area (Å²) in [4.78, 5) is 22.8. The summed E-state index contributed by atoms with van der Waals surface area (Å²) in [5, 5.41) is 13.8. The molecule has 0 aliphatic carbocycles. The van der Waals surface area contributed by atoms with Crippen LogP contribution in [0, 0.1) is 0 Å². The quantitative estimate of drug-likeness (QED) is 0.0272. The molecule has 0 heterocycles. The summed E-state index contributed by atoms with van der Waals surface area (Å²) in [7, 11) is -4.34. The zero-order valence-electron chi connectivity index (χ0n) is 40.4. The molecule has 3 unspecified atom stereocenters. The van der Waals surface area contributed by atoms with E-state index in [9.17, 15) is 19.4 Å². The van der Waals surface area contributed by atoms with E-state index in [4.69, 9.17) is 14.8 Å². The molecule has 0 bridgehead atoms. The Labute approximate surface area is 378 Å². The lowest BCUT2D eigenvalue weighted by Gasteiger charge is -2.23. The molecule has 0 aliphatic heterocycles. The van der Waals surface area contributed by atoms with Gasteiger partial charge in [0.15, 0.2) is 0 Å². The molecule has 0 rings (SSSR count). The van der Waals surface area contributed by atoms with Crippen molar-refractivity contribution in [1.82, 2.24) is 5.32 Å². The van der Waals surface area contributed by atoms with Gasteiger partial charge < -0.3 is 21.1 Å². The number of allylic oxidation sites excluding steroid dienone is 3. The van der Waals surface area contributed by atoms with Crippen LogP contribution in [0.5, 0.6) is 0 Å². The highest BCUT2D eigenvalue weighted by Crippen LogP contribution is 2.43. The minimum Gasteiger partial charge on any atom is -0.387 e. The highest BCUT2D eigenvalue weighted by Gasteiger charge is 2.26. The molecule has 9 heteroatoms. The Hall–Kier alpha value is -1.02. The van der Waals surface area contributed by atoms with E-state index in [1.54, 1.807) is 6.08 Å². The number of carbonyl (C=O) groups is 1. The maximum absolute atomic E-state index is 12.8. The van der Waals surface area contributed by atoms with Crippen molar-refractivity contribution >= 4 is 13.7 Å². The zero-order valence-corrected chi connectivity index (χ0v) is 41.3. The number of aliphatic hydroxyl groups excluding tert-OH is 1. The fourth-order valence-electron chi connectivity index (χ4n) is 8.01. The molecular weight excluding hydrogens is 780 g/mol. The first-order valence-corrected chi connectivity index (χ1v) is 28.0. The normalized spacial score (nSPS) is 14.0. The predicted molar refractivity (Wildman–Crippen MR) is 263 cm³/mol. The topological polar surface area (TPSA) is 131 Å². The second-order valence-corrected chi connectivity index (χ2v) is 19.5. The number of phosphoric ester groups is 1. The van der Waals surface area contributed by atoms with Crippen LogP contribution in [-0.4, -0.2) is 47.8 Å². The van der Waals surface area contributed by atoms with Crippen LogP contribution >= 0.6 is 7.82 Å². The van der Waals surface area contributed by atoms with E-state index >= 15 is 0 Å². The van der Waals surface area contributed by atoms with Crippen molar-refractivity contribution in [3.8, 4) is 0 Å². The minimum absolute atomic E-state index is 0.0799. The van der Waals surface area contributed by atoms with Gasteiger partial charge in [0.05, 0.1) is 25.4 Å². The molecule has 0 saturated heterocycles. The monoisotopic (exact) mass is 883 g/mol. The van der Waals surface area contributed by atoms with E-state index in [0.717, 1.165) is 38.5 Å². The molecule has 0 spiro atoms. The molecule has 0 aliphatic rings. The fraction of sp³-hybridized carbons (Fsp3) is 0.904. The highest BCUT2D eigenvalue weighted by molar-refractivity contribution is 7.47. The summed E-state index contributed by atoms with van der Waals surface area (Å²) in [6.45, 7) is 4.18. The average molecular weight is 883 g/mol. The number of nitrogens with one attached hydrogen (secondary N) is 1. The number of unbranched alkanes of at least 4 members (excludes halogenated alkanes) is 36. The number of rotatable bonds is 50. The third-order valence-corrected chi connectivity index (χ3v) is 13.0. The van der Waals surface area contributed by atoms with Crippen LogP contribution in [0.25, 0.3) is 0 Å². The van der Waals surface area contributed by atoms with Crippen LogP contribution in [0.4, 0.5) is 0 Å². The molecule has 8 nitrogen and oxygen atoms in total. The van der Waals surface area contributed by atoms with Gasteiger partial charge in [-0.2, -0.15) is 0 Å². The Balaban J connectivity index is 4.05. The number of amides is 1. The SMILES string of the molecule is CCCCCCCCCC/C=C\CCCCCCCCCCCCCC(=O)NC(COP(=O)(O)OCCN)C(O)/C=C/CCCCCCCCCCCCCCCCCCC. The number of carbonyl (C=O) groups excluding carboxylic acids is 1. The molecular formula is C52H103N2O6P. The predicted octanol–water partition coefficient (Wildman–Crippen LogP) is 15.7. The summed E-state index contributed by atoms with van der Waals surface area (Å²) in [5.74, 6) is -0.191. The molecule has 5 N–H and O–H groups in total. The first-order valence-electron chi connectivity index (χ1n) is 26.5. The van der Waals surface area contributed by atoms with Gasteiger partial charge in [0.25, 0.3) is 0 Å². The molecule has 0 aromatic carbocycles. The number of hydrogen-bond acceptors (Lipinski definition) is 6. The zero-order chi connectivity index (χ0) is 44.6. The van der Waals surface area contributed by atoms with Crippen molar-refractivity contribution in [2.24, 2.45) is 5.73 Å². The van der Waals surface area contributed by atoms with Gasteiger partial charge in [-0.3, -0.25) is 13.8 Å². The molecule has 0 aromatic heterocycles. The van der Waals surface area contributed by atoms with Crippen LogP contribution in [0.3, 0.4) is 0 Å². The minimum atomic E-state index is -4.34. The molecule has 0 fully saturated rings. The van der Waals surface area contributed by atoms with E-state index in [-0.39, 0.29) is 25.7 Å². The lowest BCUT2D eigenvalue weighted by molar-refractivity contribution is -0.123. The first kappa shape index (κ1) is 60.0. The molecule has 362 valence electrons. The van der Waals surface area contributed by atoms with Crippen molar-refractivity contribution in [2.45, 2.75) is 283 Å². The largest absolute Gasteiger partial charge is 0.472 e. The van der Waals surface area contributed by atoms with Crippen molar-refractivity contribution < 1.29 is 28.4 Å². The van der Waals surface area contributed by atoms with Crippen molar-refractivity contribution in [3.05, 3.63) is 24.3 Å². The van der Waals surface area contributed by atoms with Crippen LogP contribution in [0.2, 0.25) is 0 Å². The van der Waals surface area contributed by atoms with Gasteiger partial charge in [-0.05, 0) is 44.9 Å². The Morgan fingerprint density at radius 1 is 0.525 bits per heavy atom. The van der Waals surface area contributed by atoms with Gasteiger partial charge in [-0.1, -0.05) is 244 Å². The summed E-state index contributed by atoms with van der Waals surface area (Å²) in [5.41, 5.74) is 5.40. The number of phosphoric acid groups is 1. The third-order valence-electron chi connectivity index (χ3n) is 12.0. The van der Waals surface area contributed by atoms with Crippen molar-refractivity contribution in [2.75, 3.05) is 19.8 Å². The molecule has 0 saturated carbocycles. The fourth-order valence-corrected chi connectivity index (χ4v) is 8.77. The molecule has 0 radical (unpaired) electrons. The summed E-state index contributed by atoms with van der Waals surface area (Å²) < 4.78 is 22.2. The lowest BCUT2D eigenvalue weighted by Crippen LogP contribution is -2.45. The average Bonchev–Trinajstić information content (AvgIpc) is 3.25. The Kier molecular flexibility index (Phi) is 47.6. The maximum atomic E-state index is 12.8. The van der Waals surface area contributed by atoms with Crippen LogP contribution < -0.4 is 11.1 Å². The van der Waals surface area contributed by atoms with E-state index in [0.29, 0.717) is 6.42 Å². The van der Waals surface area contributed by atoms with Gasteiger partial charge in [-0.15, -0.1) is 0 Å². The van der Waals surface area contributed by atoms with Gasteiger partial charge in [0.2, 0.25) is 5.91 Å². The molecule has 3 atom stereocenters. The Morgan fingerprint density at radius 2 is 0.852 bits per heavy atom. The van der Waals surface area contributed by atoms with Gasteiger partial charge in [0.1, 0.15) is 0 Å². The van der Waals surface area contributed by atoms with E-state index in [2.05, 4.69) is 31.3 Å². The van der Waals surface area contributed by atoms with Crippen LogP contribution in [0.15, 0.2) is 24.3 Å². The Morgan fingerprint density at radius 3 is 1.21 bits per heavy atom.